The molecule has 0 fully saturated rings. The smallest absolute Gasteiger partial charge is 0.315 e. The van der Waals surface area contributed by atoms with Gasteiger partial charge in [0.25, 0.3) is 0 Å². The summed E-state index contributed by atoms with van der Waals surface area (Å²) in [6, 6.07) is 0. The molecular formula is C8H17O4P. The standard InChI is InChI=1S/C8H17O4P/c1-8(2,3)12-7(9)6-13(10-4)11-5/h6H2,1-5H3. The van der Waals surface area contributed by atoms with Crippen LogP contribution in [0.2, 0.25) is 0 Å². The summed E-state index contributed by atoms with van der Waals surface area (Å²) in [5.74, 6) is -0.290. The second-order valence-electron chi connectivity index (χ2n) is 3.44. The van der Waals surface area contributed by atoms with Crippen molar-refractivity contribution >= 4 is 14.3 Å². The summed E-state index contributed by atoms with van der Waals surface area (Å²) < 4.78 is 14.9. The number of rotatable bonds is 4. The van der Waals surface area contributed by atoms with Crippen LogP contribution < -0.4 is 0 Å². The van der Waals surface area contributed by atoms with Gasteiger partial charge < -0.3 is 13.8 Å². The zero-order valence-corrected chi connectivity index (χ0v) is 9.68. The molecule has 0 heterocycles. The van der Waals surface area contributed by atoms with Crippen LogP contribution in [0.25, 0.3) is 0 Å². The Labute approximate surface area is 80.5 Å². The first-order chi connectivity index (χ1) is 5.89. The van der Waals surface area contributed by atoms with Gasteiger partial charge in [0.15, 0.2) is 8.38 Å². The van der Waals surface area contributed by atoms with Crippen LogP contribution >= 0.6 is 8.38 Å². The minimum absolute atomic E-state index is 0.180. The predicted octanol–water partition coefficient (Wildman–Crippen LogP) is 1.93. The first kappa shape index (κ1) is 12.8. The summed E-state index contributed by atoms with van der Waals surface area (Å²) in [4.78, 5) is 11.2. The fraction of sp³-hybridized carbons (Fsp3) is 0.875. The van der Waals surface area contributed by atoms with Gasteiger partial charge in [0.1, 0.15) is 11.8 Å². The van der Waals surface area contributed by atoms with Crippen LogP contribution in [0.4, 0.5) is 0 Å². The van der Waals surface area contributed by atoms with Crippen molar-refractivity contribution in [3.63, 3.8) is 0 Å². The van der Waals surface area contributed by atoms with Crippen LogP contribution in [0.3, 0.4) is 0 Å². The number of hydrogen-bond acceptors (Lipinski definition) is 4. The Kier molecular flexibility index (Phi) is 5.45. The molecule has 0 aromatic carbocycles. The number of carbonyl (C=O) groups is 1. The van der Waals surface area contributed by atoms with E-state index in [9.17, 15) is 4.79 Å². The van der Waals surface area contributed by atoms with Gasteiger partial charge in [0.2, 0.25) is 0 Å². The number of hydrogen-bond donors (Lipinski definition) is 0. The van der Waals surface area contributed by atoms with Gasteiger partial charge in [-0.05, 0) is 20.8 Å². The second-order valence-corrected chi connectivity index (χ2v) is 5.15. The van der Waals surface area contributed by atoms with Gasteiger partial charge in [-0.25, -0.2) is 0 Å². The zero-order chi connectivity index (χ0) is 10.5. The second kappa shape index (κ2) is 5.53. The molecule has 0 saturated carbocycles. The molecule has 0 aromatic heterocycles. The van der Waals surface area contributed by atoms with E-state index >= 15 is 0 Å². The highest BCUT2D eigenvalue weighted by Gasteiger charge is 2.20. The average molecular weight is 208 g/mol. The Hall–Kier alpha value is -0.180. The van der Waals surface area contributed by atoms with Crippen LogP contribution in [0.5, 0.6) is 0 Å². The summed E-state index contributed by atoms with van der Waals surface area (Å²) in [6.45, 7) is 5.48. The van der Waals surface area contributed by atoms with Gasteiger partial charge in [-0.3, -0.25) is 4.79 Å². The maximum atomic E-state index is 11.2. The van der Waals surface area contributed by atoms with Crippen molar-refractivity contribution in [2.75, 3.05) is 20.4 Å². The molecule has 0 aliphatic carbocycles. The highest BCUT2D eigenvalue weighted by atomic mass is 31.2. The summed E-state index contributed by atoms with van der Waals surface area (Å²) in [6.07, 6.45) is 0.180. The van der Waals surface area contributed by atoms with Crippen LogP contribution in [-0.2, 0) is 18.6 Å². The lowest BCUT2D eigenvalue weighted by atomic mass is 10.2. The van der Waals surface area contributed by atoms with E-state index in [0.717, 1.165) is 0 Å². The van der Waals surface area contributed by atoms with E-state index in [-0.39, 0.29) is 12.1 Å². The molecule has 0 aliphatic heterocycles. The SMILES string of the molecule is COP(CC(=O)OC(C)(C)C)OC. The molecule has 0 unspecified atom stereocenters. The lowest BCUT2D eigenvalue weighted by molar-refractivity contribution is -0.151. The van der Waals surface area contributed by atoms with E-state index in [1.165, 1.54) is 14.2 Å². The van der Waals surface area contributed by atoms with Crippen molar-refractivity contribution in [1.82, 2.24) is 0 Å². The summed E-state index contributed by atoms with van der Waals surface area (Å²) in [7, 11) is 1.90. The Morgan fingerprint density at radius 3 is 2.00 bits per heavy atom. The van der Waals surface area contributed by atoms with Crippen molar-refractivity contribution in [3.05, 3.63) is 0 Å². The molecule has 0 bridgehead atoms. The number of esters is 1. The highest BCUT2D eigenvalue weighted by Crippen LogP contribution is 2.35. The summed E-state index contributed by atoms with van der Waals surface area (Å²) in [5, 5.41) is 0. The normalized spacial score (nSPS) is 11.8. The largest absolute Gasteiger partial charge is 0.460 e. The molecule has 78 valence electrons. The number of carbonyl (C=O) groups excluding carboxylic acids is 1. The molecule has 5 heteroatoms. The van der Waals surface area contributed by atoms with E-state index in [1.807, 2.05) is 20.8 Å². The van der Waals surface area contributed by atoms with Crippen LogP contribution in [0, 0.1) is 0 Å². The van der Waals surface area contributed by atoms with Crippen molar-refractivity contribution in [3.8, 4) is 0 Å². The van der Waals surface area contributed by atoms with Crippen molar-refractivity contribution in [2.24, 2.45) is 0 Å². The predicted molar refractivity (Wildman–Crippen MR) is 51.7 cm³/mol. The lowest BCUT2D eigenvalue weighted by Crippen LogP contribution is -2.25. The van der Waals surface area contributed by atoms with Crippen LogP contribution in [0.1, 0.15) is 20.8 Å². The minimum atomic E-state index is -1.12. The van der Waals surface area contributed by atoms with Gasteiger partial charge in [-0.1, -0.05) is 0 Å². The summed E-state index contributed by atoms with van der Waals surface area (Å²) >= 11 is 0. The Bertz CT molecular complexity index is 160. The van der Waals surface area contributed by atoms with Crippen molar-refractivity contribution in [1.29, 1.82) is 0 Å². The fourth-order valence-corrected chi connectivity index (χ4v) is 1.37. The van der Waals surface area contributed by atoms with E-state index in [2.05, 4.69) is 0 Å². The molecule has 0 atom stereocenters. The van der Waals surface area contributed by atoms with Crippen LogP contribution in [-0.4, -0.2) is 32.0 Å². The minimum Gasteiger partial charge on any atom is -0.460 e. The Balaban J connectivity index is 3.86. The van der Waals surface area contributed by atoms with E-state index in [0.29, 0.717) is 0 Å². The summed E-state index contributed by atoms with van der Waals surface area (Å²) in [5.41, 5.74) is -0.445. The zero-order valence-electron chi connectivity index (χ0n) is 8.79. The Morgan fingerprint density at radius 1 is 1.23 bits per heavy atom. The number of ether oxygens (including phenoxy) is 1. The average Bonchev–Trinajstić information content (AvgIpc) is 1.96. The maximum Gasteiger partial charge on any atom is 0.315 e. The quantitative estimate of drug-likeness (QED) is 0.523. The molecule has 0 rings (SSSR count). The van der Waals surface area contributed by atoms with Crippen LogP contribution in [0.15, 0.2) is 0 Å². The first-order valence-electron chi connectivity index (χ1n) is 3.96. The monoisotopic (exact) mass is 208 g/mol. The van der Waals surface area contributed by atoms with Gasteiger partial charge >= 0.3 is 5.97 Å². The van der Waals surface area contributed by atoms with Gasteiger partial charge in [-0.2, -0.15) is 0 Å². The molecule has 0 saturated heterocycles. The molecule has 13 heavy (non-hydrogen) atoms. The Morgan fingerprint density at radius 2 is 1.69 bits per heavy atom. The molecule has 0 radical (unpaired) electrons. The van der Waals surface area contributed by atoms with Gasteiger partial charge in [-0.15, -0.1) is 0 Å². The van der Waals surface area contributed by atoms with E-state index < -0.39 is 14.0 Å². The highest BCUT2D eigenvalue weighted by molar-refractivity contribution is 7.48. The molecule has 4 nitrogen and oxygen atoms in total. The third-order valence-electron chi connectivity index (χ3n) is 1.09. The van der Waals surface area contributed by atoms with E-state index in [1.54, 1.807) is 0 Å². The fourth-order valence-electron chi connectivity index (χ4n) is 0.683. The topological polar surface area (TPSA) is 44.8 Å². The third-order valence-corrected chi connectivity index (χ3v) is 2.42. The van der Waals surface area contributed by atoms with Gasteiger partial charge in [0, 0.05) is 14.2 Å². The lowest BCUT2D eigenvalue weighted by Gasteiger charge is -2.20. The molecular weight excluding hydrogens is 191 g/mol. The molecule has 0 aliphatic rings. The van der Waals surface area contributed by atoms with E-state index in [4.69, 9.17) is 13.8 Å². The molecule has 0 spiro atoms. The first-order valence-corrected chi connectivity index (χ1v) is 5.33. The molecule has 0 N–H and O–H groups in total. The maximum absolute atomic E-state index is 11.2. The third kappa shape index (κ3) is 6.94. The van der Waals surface area contributed by atoms with Gasteiger partial charge in [0.05, 0.1) is 0 Å². The molecule has 0 aromatic rings. The molecule has 0 amide bonds. The van der Waals surface area contributed by atoms with Crippen molar-refractivity contribution < 1.29 is 18.6 Å². The van der Waals surface area contributed by atoms with Crippen molar-refractivity contribution in [2.45, 2.75) is 26.4 Å².